The largest absolute Gasteiger partial charge is 0.493 e. The molecule has 0 bridgehead atoms. The van der Waals surface area contributed by atoms with E-state index < -0.39 is 0 Å². The van der Waals surface area contributed by atoms with Crippen molar-refractivity contribution in [3.8, 4) is 17.6 Å². The standard InChI is InChI=1S/C32H44O2/c1-11-33-28-15-13-27(14-16-28)31-23(7)19(3)29(20(4)24(31)8)17-18-30-21(5)25(9)32(34-12-2)26(10)22(30)6/h27-28H,11-16H2,1-10H3. The van der Waals surface area contributed by atoms with Crippen LogP contribution in [0, 0.1) is 67.2 Å². The van der Waals surface area contributed by atoms with Crippen molar-refractivity contribution in [2.24, 2.45) is 0 Å². The fraction of sp³-hybridized carbons (Fsp3) is 0.562. The lowest BCUT2D eigenvalue weighted by Gasteiger charge is -2.32. The fourth-order valence-corrected chi connectivity index (χ4v) is 5.85. The molecule has 1 saturated carbocycles. The second kappa shape index (κ2) is 11.0. The number of benzene rings is 2. The molecule has 0 spiro atoms. The second-order valence-corrected chi connectivity index (χ2v) is 10.1. The molecule has 2 heteroatoms. The zero-order chi connectivity index (χ0) is 25.2. The summed E-state index contributed by atoms with van der Waals surface area (Å²) < 4.78 is 11.9. The van der Waals surface area contributed by atoms with E-state index in [0.717, 1.165) is 17.9 Å². The summed E-state index contributed by atoms with van der Waals surface area (Å²) in [7, 11) is 0. The van der Waals surface area contributed by atoms with E-state index in [-0.39, 0.29) is 0 Å². The summed E-state index contributed by atoms with van der Waals surface area (Å²) in [6.45, 7) is 23.4. The summed E-state index contributed by atoms with van der Waals surface area (Å²) in [4.78, 5) is 0. The van der Waals surface area contributed by atoms with Gasteiger partial charge in [-0.2, -0.15) is 0 Å². The maximum Gasteiger partial charge on any atom is 0.125 e. The molecule has 34 heavy (non-hydrogen) atoms. The third-order valence-corrected chi connectivity index (χ3v) is 8.33. The lowest BCUT2D eigenvalue weighted by Crippen LogP contribution is -2.22. The summed E-state index contributed by atoms with van der Waals surface area (Å²) in [6.07, 6.45) is 5.23. The van der Waals surface area contributed by atoms with Gasteiger partial charge >= 0.3 is 0 Å². The molecular formula is C32H44O2. The van der Waals surface area contributed by atoms with E-state index in [1.807, 2.05) is 6.92 Å². The molecule has 0 N–H and O–H groups in total. The van der Waals surface area contributed by atoms with Gasteiger partial charge in [0.25, 0.3) is 0 Å². The van der Waals surface area contributed by atoms with Gasteiger partial charge in [-0.3, -0.25) is 0 Å². The van der Waals surface area contributed by atoms with Gasteiger partial charge in [-0.25, -0.2) is 0 Å². The molecule has 0 aromatic heterocycles. The fourth-order valence-electron chi connectivity index (χ4n) is 5.85. The number of ether oxygens (including phenoxy) is 2. The molecule has 184 valence electrons. The Morgan fingerprint density at radius 2 is 1.03 bits per heavy atom. The van der Waals surface area contributed by atoms with Crippen molar-refractivity contribution in [2.75, 3.05) is 13.2 Å². The van der Waals surface area contributed by atoms with Crippen LogP contribution in [-0.2, 0) is 4.74 Å². The average Bonchev–Trinajstić information content (AvgIpc) is 2.82. The average molecular weight is 461 g/mol. The van der Waals surface area contributed by atoms with Gasteiger partial charge in [-0.15, -0.1) is 0 Å². The molecule has 1 aliphatic rings. The van der Waals surface area contributed by atoms with Gasteiger partial charge in [0.05, 0.1) is 12.7 Å². The minimum atomic E-state index is 0.446. The van der Waals surface area contributed by atoms with Crippen LogP contribution < -0.4 is 4.74 Å². The maximum atomic E-state index is 5.95. The molecule has 1 aliphatic carbocycles. The van der Waals surface area contributed by atoms with E-state index in [9.17, 15) is 0 Å². The molecular weight excluding hydrogens is 416 g/mol. The van der Waals surface area contributed by atoms with Crippen LogP contribution in [0.15, 0.2) is 0 Å². The van der Waals surface area contributed by atoms with Crippen LogP contribution in [-0.4, -0.2) is 19.3 Å². The van der Waals surface area contributed by atoms with Crippen molar-refractivity contribution in [3.05, 3.63) is 61.2 Å². The highest BCUT2D eigenvalue weighted by Crippen LogP contribution is 2.40. The van der Waals surface area contributed by atoms with Crippen molar-refractivity contribution in [1.29, 1.82) is 0 Å². The van der Waals surface area contributed by atoms with Crippen molar-refractivity contribution in [2.45, 2.75) is 107 Å². The highest BCUT2D eigenvalue weighted by molar-refractivity contribution is 5.63. The molecule has 0 saturated heterocycles. The van der Waals surface area contributed by atoms with Crippen LogP contribution in [0.4, 0.5) is 0 Å². The predicted octanol–water partition coefficient (Wildman–Crippen LogP) is 8.02. The molecule has 2 nitrogen and oxygen atoms in total. The summed E-state index contributed by atoms with van der Waals surface area (Å²) in [5.41, 5.74) is 14.3. The Balaban J connectivity index is 2.02. The Kier molecular flexibility index (Phi) is 8.53. The second-order valence-electron chi connectivity index (χ2n) is 10.1. The van der Waals surface area contributed by atoms with Gasteiger partial charge in [0, 0.05) is 17.7 Å². The molecule has 0 aliphatic heterocycles. The molecule has 3 rings (SSSR count). The topological polar surface area (TPSA) is 18.5 Å². The molecule has 0 radical (unpaired) electrons. The lowest BCUT2D eigenvalue weighted by molar-refractivity contribution is 0.0327. The molecule has 0 atom stereocenters. The summed E-state index contributed by atoms with van der Waals surface area (Å²) in [5.74, 6) is 8.85. The van der Waals surface area contributed by atoms with E-state index in [0.29, 0.717) is 18.6 Å². The quantitative estimate of drug-likeness (QED) is 0.421. The van der Waals surface area contributed by atoms with Crippen LogP contribution in [0.25, 0.3) is 0 Å². The molecule has 2 aromatic rings. The Hall–Kier alpha value is -2.24. The highest BCUT2D eigenvalue weighted by atomic mass is 16.5. The van der Waals surface area contributed by atoms with Crippen LogP contribution in [0.3, 0.4) is 0 Å². The Bertz CT molecular complexity index is 1060. The first-order chi connectivity index (χ1) is 16.1. The third kappa shape index (κ3) is 4.92. The Morgan fingerprint density at radius 3 is 1.44 bits per heavy atom. The SMILES string of the molecule is CCOc1c(C)c(C)c(C#Cc2c(C)c(C)c(C3CCC(OCC)CC3)c(C)c2C)c(C)c1C. The monoisotopic (exact) mass is 460 g/mol. The number of rotatable bonds is 5. The smallest absolute Gasteiger partial charge is 0.125 e. The minimum absolute atomic E-state index is 0.446. The number of hydrogen-bond acceptors (Lipinski definition) is 2. The van der Waals surface area contributed by atoms with Crippen molar-refractivity contribution in [3.63, 3.8) is 0 Å². The van der Waals surface area contributed by atoms with Crippen LogP contribution in [0.1, 0.15) is 107 Å². The molecule has 1 fully saturated rings. The van der Waals surface area contributed by atoms with Crippen molar-refractivity contribution in [1.82, 2.24) is 0 Å². The first kappa shape index (κ1) is 26.4. The first-order valence-corrected chi connectivity index (χ1v) is 13.1. The molecule has 0 amide bonds. The van der Waals surface area contributed by atoms with Gasteiger partial charge in [-0.05, 0) is 151 Å². The van der Waals surface area contributed by atoms with Crippen molar-refractivity contribution < 1.29 is 9.47 Å². The minimum Gasteiger partial charge on any atom is -0.493 e. The zero-order valence-corrected chi connectivity index (χ0v) is 23.2. The van der Waals surface area contributed by atoms with E-state index in [2.05, 4.69) is 74.2 Å². The maximum absolute atomic E-state index is 5.95. The van der Waals surface area contributed by atoms with Gasteiger partial charge in [0.2, 0.25) is 0 Å². The van der Waals surface area contributed by atoms with Gasteiger partial charge in [-0.1, -0.05) is 11.8 Å². The van der Waals surface area contributed by atoms with E-state index in [1.54, 1.807) is 5.56 Å². The van der Waals surface area contributed by atoms with E-state index >= 15 is 0 Å². The highest BCUT2D eigenvalue weighted by Gasteiger charge is 2.27. The molecule has 0 unspecified atom stereocenters. The number of hydrogen-bond donors (Lipinski definition) is 0. The Morgan fingerprint density at radius 1 is 0.588 bits per heavy atom. The van der Waals surface area contributed by atoms with Crippen molar-refractivity contribution >= 4 is 0 Å². The Labute approximate surface area is 208 Å². The third-order valence-electron chi connectivity index (χ3n) is 8.33. The lowest BCUT2D eigenvalue weighted by atomic mass is 9.76. The van der Waals surface area contributed by atoms with Gasteiger partial charge in [0.1, 0.15) is 5.75 Å². The first-order valence-electron chi connectivity index (χ1n) is 13.1. The van der Waals surface area contributed by atoms with Crippen LogP contribution in [0.2, 0.25) is 0 Å². The van der Waals surface area contributed by atoms with E-state index in [1.165, 1.54) is 75.8 Å². The summed E-state index contributed by atoms with van der Waals surface area (Å²) >= 11 is 0. The normalized spacial score (nSPS) is 17.9. The summed E-state index contributed by atoms with van der Waals surface area (Å²) in [5, 5.41) is 0. The van der Waals surface area contributed by atoms with Crippen LogP contribution in [0.5, 0.6) is 5.75 Å². The van der Waals surface area contributed by atoms with Gasteiger partial charge < -0.3 is 9.47 Å². The molecule has 0 heterocycles. The zero-order valence-electron chi connectivity index (χ0n) is 23.2. The summed E-state index contributed by atoms with van der Waals surface area (Å²) in [6, 6.07) is 0. The van der Waals surface area contributed by atoms with Gasteiger partial charge in [0.15, 0.2) is 0 Å². The molecule has 2 aromatic carbocycles. The predicted molar refractivity (Wildman–Crippen MR) is 145 cm³/mol. The van der Waals surface area contributed by atoms with Crippen LogP contribution >= 0.6 is 0 Å². The van der Waals surface area contributed by atoms with E-state index in [4.69, 9.17) is 9.47 Å².